The highest BCUT2D eigenvalue weighted by Gasteiger charge is 2.26. The van der Waals surface area contributed by atoms with E-state index in [1.165, 1.54) is 24.2 Å². The fraction of sp³-hybridized carbons (Fsp3) is 0.273. The highest BCUT2D eigenvalue weighted by molar-refractivity contribution is 7.19. The summed E-state index contributed by atoms with van der Waals surface area (Å²) in [7, 11) is 0. The molecule has 2 aromatic heterocycles. The molecule has 0 unspecified atom stereocenters. The van der Waals surface area contributed by atoms with Gasteiger partial charge in [-0.1, -0.05) is 23.2 Å². The van der Waals surface area contributed by atoms with Gasteiger partial charge in [0.05, 0.1) is 9.21 Å². The van der Waals surface area contributed by atoms with Gasteiger partial charge < -0.3 is 0 Å². The lowest BCUT2D eigenvalue weighted by molar-refractivity contribution is 0.997. The minimum atomic E-state index is 0.511. The van der Waals surface area contributed by atoms with Crippen LogP contribution < -0.4 is 0 Å². The highest BCUT2D eigenvalue weighted by Crippen LogP contribution is 2.40. The van der Waals surface area contributed by atoms with Crippen LogP contribution in [0.5, 0.6) is 0 Å². The second kappa shape index (κ2) is 3.99. The van der Waals surface area contributed by atoms with E-state index in [1.54, 1.807) is 0 Å². The molecule has 2 aromatic rings. The summed E-state index contributed by atoms with van der Waals surface area (Å²) in [5.41, 5.74) is 1.06. The topological polar surface area (TPSA) is 25.8 Å². The number of halogens is 2. The molecule has 1 saturated carbocycles. The molecular formula is C11H8Cl2N2S. The Morgan fingerprint density at radius 3 is 2.62 bits per heavy atom. The molecule has 0 saturated heterocycles. The molecule has 1 aliphatic carbocycles. The molecule has 0 atom stereocenters. The van der Waals surface area contributed by atoms with E-state index < -0.39 is 0 Å². The molecule has 82 valence electrons. The van der Waals surface area contributed by atoms with Gasteiger partial charge in [0.1, 0.15) is 5.15 Å². The summed E-state index contributed by atoms with van der Waals surface area (Å²) in [6.45, 7) is 0. The molecule has 0 aromatic carbocycles. The molecular weight excluding hydrogens is 263 g/mol. The van der Waals surface area contributed by atoms with Crippen LogP contribution >= 0.6 is 34.5 Å². The quantitative estimate of drug-likeness (QED) is 0.757. The first-order valence-corrected chi connectivity index (χ1v) is 6.60. The van der Waals surface area contributed by atoms with Gasteiger partial charge in [-0.3, -0.25) is 0 Å². The molecule has 1 fully saturated rings. The van der Waals surface area contributed by atoms with Gasteiger partial charge in [-0.2, -0.15) is 0 Å². The molecule has 5 heteroatoms. The van der Waals surface area contributed by atoms with Crippen molar-refractivity contribution in [3.63, 3.8) is 0 Å². The van der Waals surface area contributed by atoms with Crippen LogP contribution in [-0.4, -0.2) is 9.97 Å². The lowest BCUT2D eigenvalue weighted by Gasteiger charge is -2.01. The summed E-state index contributed by atoms with van der Waals surface area (Å²) in [5.74, 6) is 1.26. The number of nitrogens with zero attached hydrogens (tertiary/aromatic N) is 2. The molecule has 0 amide bonds. The predicted molar refractivity (Wildman–Crippen MR) is 67.3 cm³/mol. The monoisotopic (exact) mass is 270 g/mol. The van der Waals surface area contributed by atoms with Crippen molar-refractivity contribution in [2.45, 2.75) is 18.8 Å². The van der Waals surface area contributed by atoms with Crippen LogP contribution in [0.25, 0.3) is 10.7 Å². The fourth-order valence-corrected chi connectivity index (χ4v) is 2.74. The second-order valence-corrected chi connectivity index (χ2v) is 5.92. The molecule has 2 nitrogen and oxygen atoms in total. The van der Waals surface area contributed by atoms with Crippen molar-refractivity contribution < 1.29 is 0 Å². The molecule has 0 aliphatic heterocycles. The Morgan fingerprint density at radius 1 is 1.19 bits per heavy atom. The Bertz CT molecular complexity index is 535. The molecule has 16 heavy (non-hydrogen) atoms. The van der Waals surface area contributed by atoms with E-state index in [4.69, 9.17) is 23.2 Å². The Kier molecular flexibility index (Phi) is 2.62. The molecule has 1 aliphatic rings. The molecule has 0 spiro atoms. The molecule has 0 N–H and O–H groups in total. The van der Waals surface area contributed by atoms with Gasteiger partial charge in [-0.25, -0.2) is 9.97 Å². The van der Waals surface area contributed by atoms with Crippen molar-refractivity contribution in [1.82, 2.24) is 9.97 Å². The third-order valence-corrected chi connectivity index (χ3v) is 3.92. The van der Waals surface area contributed by atoms with Gasteiger partial charge in [0.2, 0.25) is 0 Å². The minimum absolute atomic E-state index is 0.511. The highest BCUT2D eigenvalue weighted by atomic mass is 35.5. The number of thiophene rings is 1. The zero-order valence-electron chi connectivity index (χ0n) is 8.28. The lowest BCUT2D eigenvalue weighted by atomic mass is 10.3. The van der Waals surface area contributed by atoms with Crippen LogP contribution in [-0.2, 0) is 0 Å². The summed E-state index contributed by atoms with van der Waals surface area (Å²) in [6, 6.07) is 5.63. The first kappa shape index (κ1) is 10.5. The van der Waals surface area contributed by atoms with Crippen LogP contribution in [0.4, 0.5) is 0 Å². The first-order valence-electron chi connectivity index (χ1n) is 5.02. The van der Waals surface area contributed by atoms with E-state index >= 15 is 0 Å². The summed E-state index contributed by atoms with van der Waals surface area (Å²) in [6.07, 6.45) is 2.41. The van der Waals surface area contributed by atoms with Gasteiger partial charge in [-0.05, 0) is 31.0 Å². The van der Waals surface area contributed by atoms with Crippen LogP contribution in [0.3, 0.4) is 0 Å². The van der Waals surface area contributed by atoms with E-state index in [9.17, 15) is 0 Å². The van der Waals surface area contributed by atoms with Crippen molar-refractivity contribution in [2.75, 3.05) is 0 Å². The third kappa shape index (κ3) is 2.08. The SMILES string of the molecule is Clc1cc(C2CC2)nc(-c2ccc(Cl)s2)n1. The average molecular weight is 271 g/mol. The van der Waals surface area contributed by atoms with E-state index in [-0.39, 0.29) is 0 Å². The first-order chi connectivity index (χ1) is 7.72. The summed E-state index contributed by atoms with van der Waals surface area (Å²) < 4.78 is 0.742. The van der Waals surface area contributed by atoms with Crippen LogP contribution in [0.15, 0.2) is 18.2 Å². The van der Waals surface area contributed by atoms with E-state index in [0.717, 1.165) is 14.9 Å². The number of aromatic nitrogens is 2. The van der Waals surface area contributed by atoms with Crippen molar-refractivity contribution in [2.24, 2.45) is 0 Å². The maximum atomic E-state index is 6.00. The smallest absolute Gasteiger partial charge is 0.171 e. The van der Waals surface area contributed by atoms with Gasteiger partial charge >= 0.3 is 0 Å². The van der Waals surface area contributed by atoms with Gasteiger partial charge in [-0.15, -0.1) is 11.3 Å². The number of rotatable bonds is 2. The molecule has 0 radical (unpaired) electrons. The second-order valence-electron chi connectivity index (χ2n) is 3.82. The zero-order valence-corrected chi connectivity index (χ0v) is 10.6. The molecule has 0 bridgehead atoms. The number of hydrogen-bond donors (Lipinski definition) is 0. The predicted octanol–water partition coefficient (Wildman–Crippen LogP) is 4.39. The maximum Gasteiger partial charge on any atom is 0.171 e. The van der Waals surface area contributed by atoms with E-state index in [1.807, 2.05) is 18.2 Å². The van der Waals surface area contributed by atoms with Gasteiger partial charge in [0.25, 0.3) is 0 Å². The van der Waals surface area contributed by atoms with Crippen LogP contribution in [0.1, 0.15) is 24.5 Å². The number of hydrogen-bond acceptors (Lipinski definition) is 3. The van der Waals surface area contributed by atoms with E-state index in [2.05, 4.69) is 9.97 Å². The maximum absolute atomic E-state index is 6.00. The fourth-order valence-electron chi connectivity index (χ4n) is 1.57. The van der Waals surface area contributed by atoms with Crippen molar-refractivity contribution >= 4 is 34.5 Å². The van der Waals surface area contributed by atoms with Crippen molar-refractivity contribution in [3.8, 4) is 10.7 Å². The van der Waals surface area contributed by atoms with Crippen molar-refractivity contribution in [1.29, 1.82) is 0 Å². The minimum Gasteiger partial charge on any atom is -0.232 e. The van der Waals surface area contributed by atoms with Crippen LogP contribution in [0, 0.1) is 0 Å². The Morgan fingerprint density at radius 2 is 2.00 bits per heavy atom. The van der Waals surface area contributed by atoms with E-state index in [0.29, 0.717) is 16.9 Å². The zero-order chi connectivity index (χ0) is 11.1. The Hall–Kier alpha value is -0.640. The Balaban J connectivity index is 2.06. The normalized spacial score (nSPS) is 15.4. The van der Waals surface area contributed by atoms with Crippen molar-refractivity contribution in [3.05, 3.63) is 33.4 Å². The molecule has 3 rings (SSSR count). The standard InChI is InChI=1S/C11H8Cl2N2S/c12-9-5-7(6-1-2-6)14-11(15-9)8-3-4-10(13)16-8/h3-6H,1-2H2. The van der Waals surface area contributed by atoms with Gasteiger partial charge in [0.15, 0.2) is 5.82 Å². The molecule has 2 heterocycles. The van der Waals surface area contributed by atoms with Gasteiger partial charge in [0, 0.05) is 11.6 Å². The summed E-state index contributed by atoms with van der Waals surface area (Å²) >= 11 is 13.4. The summed E-state index contributed by atoms with van der Waals surface area (Å²) in [4.78, 5) is 9.74. The average Bonchev–Trinajstić information content (AvgIpc) is 3.01. The third-order valence-electron chi connectivity index (χ3n) is 2.50. The summed E-state index contributed by atoms with van der Waals surface area (Å²) in [5, 5.41) is 0.511. The lowest BCUT2D eigenvalue weighted by Crippen LogP contribution is -1.93. The Labute approximate surface area is 107 Å². The van der Waals surface area contributed by atoms with Crippen LogP contribution in [0.2, 0.25) is 9.49 Å². The largest absolute Gasteiger partial charge is 0.232 e.